The van der Waals surface area contributed by atoms with Gasteiger partial charge >= 0.3 is 11.9 Å². The van der Waals surface area contributed by atoms with Gasteiger partial charge in [0.15, 0.2) is 5.60 Å². The van der Waals surface area contributed by atoms with Crippen LogP contribution in [0.5, 0.6) is 0 Å². The number of carbonyl (C=O) groups excluding carboxylic acids is 2. The predicted molar refractivity (Wildman–Crippen MR) is 194 cm³/mol. The van der Waals surface area contributed by atoms with Crippen molar-refractivity contribution in [3.05, 3.63) is 58.4 Å². The molecule has 8 heterocycles. The van der Waals surface area contributed by atoms with Gasteiger partial charge in [-0.15, -0.1) is 0 Å². The minimum Gasteiger partial charge on any atom is -0.449 e. The lowest BCUT2D eigenvalue weighted by atomic mass is 9.31. The fourth-order valence-electron chi connectivity index (χ4n) is 13.5. The summed E-state index contributed by atoms with van der Waals surface area (Å²) in [5, 5.41) is 0. The topological polar surface area (TPSA) is 85.1 Å². The second-order valence-electron chi connectivity index (χ2n) is 17.8. The molecule has 2 saturated carbocycles. The van der Waals surface area contributed by atoms with E-state index >= 15 is 0 Å². The van der Waals surface area contributed by atoms with Gasteiger partial charge in [-0.1, -0.05) is 63.5 Å². The zero-order valence-electron chi connectivity index (χ0n) is 30.8. The molecule has 1 aromatic carbocycles. The summed E-state index contributed by atoms with van der Waals surface area (Å²) in [5.41, 5.74) is 7.72. The molecule has 5 fully saturated rings. The highest BCUT2D eigenvalue weighted by atomic mass is 16.6. The molecule has 2 N–H and O–H groups in total. The SMILES string of the molecule is CCCC1CC=C2OC(=O)C34C=C(CCC23C2(OC(=O)c3c(CCCN)cccc32)C4CCC)C2CC(C)CCC2N2CC3CC(CN1C3)C2. The third kappa shape index (κ3) is 4.38. The minimum absolute atomic E-state index is 0.101. The molecular formula is C43H59N3O4. The Labute approximate surface area is 299 Å². The summed E-state index contributed by atoms with van der Waals surface area (Å²) in [6.45, 7) is 12.3. The maximum Gasteiger partial charge on any atom is 0.339 e. The van der Waals surface area contributed by atoms with E-state index in [-0.39, 0.29) is 17.9 Å². The monoisotopic (exact) mass is 681 g/mol. The van der Waals surface area contributed by atoms with Gasteiger partial charge in [-0.2, -0.15) is 0 Å². The third-order valence-corrected chi connectivity index (χ3v) is 15.2. The van der Waals surface area contributed by atoms with E-state index < -0.39 is 16.4 Å². The Bertz CT molecular complexity index is 1600. The highest BCUT2D eigenvalue weighted by Gasteiger charge is 2.91. The van der Waals surface area contributed by atoms with E-state index in [9.17, 15) is 9.59 Å². The standard InChI is InChI=1S/C43H59N3O4/c1-4-8-32-14-16-37-42-18-17-31(33-20-27(3)13-15-35(33)46-25-28-21-29(26-46)24-45(32)23-28)22-41(42,40(48)49-37)36(9-5-2)43(42)34-12-6-10-30(11-7-19-44)38(34)39(47)50-43/h6,10,12,16,22,27-29,32-33,35-36H,4-5,7-9,11,13-15,17-21,23-26,44H2,1-3H3. The molecule has 8 aliphatic heterocycles. The fraction of sp³-hybridized carbons (Fsp3) is 0.721. The van der Waals surface area contributed by atoms with Crippen LogP contribution >= 0.6 is 0 Å². The Kier molecular flexibility index (Phi) is 8.21. The van der Waals surface area contributed by atoms with E-state index in [1.54, 1.807) is 0 Å². The zero-order chi connectivity index (χ0) is 34.4. The molecule has 0 aromatic heterocycles. The number of carbonyl (C=O) groups is 2. The lowest BCUT2D eigenvalue weighted by Crippen LogP contribution is -2.75. The Hall–Kier alpha value is -2.48. The van der Waals surface area contributed by atoms with Crippen LogP contribution in [-0.2, 0) is 26.3 Å². The van der Waals surface area contributed by atoms with Crippen molar-refractivity contribution in [2.24, 2.45) is 46.2 Å². The first-order chi connectivity index (χ1) is 24.3. The molecule has 12 rings (SSSR count). The largest absolute Gasteiger partial charge is 0.449 e. The summed E-state index contributed by atoms with van der Waals surface area (Å²) in [5.74, 6) is 2.90. The Morgan fingerprint density at radius 3 is 2.52 bits per heavy atom. The van der Waals surface area contributed by atoms with Crippen LogP contribution in [0.15, 0.2) is 41.7 Å². The first-order valence-electron chi connectivity index (χ1n) is 20.5. The Morgan fingerprint density at radius 2 is 1.76 bits per heavy atom. The lowest BCUT2D eigenvalue weighted by molar-refractivity contribution is -0.271. The first-order valence-corrected chi connectivity index (χ1v) is 20.5. The number of benzene rings is 1. The molecule has 3 saturated heterocycles. The van der Waals surface area contributed by atoms with E-state index in [1.807, 2.05) is 0 Å². The normalized spacial score (nSPS) is 44.0. The minimum atomic E-state index is -0.914. The Balaban J connectivity index is 1.26. The summed E-state index contributed by atoms with van der Waals surface area (Å²) in [6, 6.07) is 7.28. The number of rotatable bonds is 7. The fourth-order valence-corrected chi connectivity index (χ4v) is 13.5. The van der Waals surface area contributed by atoms with Crippen molar-refractivity contribution in [3.63, 3.8) is 0 Å². The summed E-state index contributed by atoms with van der Waals surface area (Å²) in [6.07, 6.45) is 18.0. The molecule has 10 unspecified atom stereocenters. The second kappa shape index (κ2) is 12.3. The van der Waals surface area contributed by atoms with E-state index in [2.05, 4.69) is 60.9 Å². The molecule has 7 heteroatoms. The number of esters is 2. The van der Waals surface area contributed by atoms with Gasteiger partial charge in [0.2, 0.25) is 0 Å². The van der Waals surface area contributed by atoms with Crippen LogP contribution in [0, 0.1) is 40.4 Å². The predicted octanol–water partition coefficient (Wildman–Crippen LogP) is 7.14. The summed E-state index contributed by atoms with van der Waals surface area (Å²) >= 11 is 0. The average Bonchev–Trinajstić information content (AvgIpc) is 3.55. The molecule has 0 amide bonds. The van der Waals surface area contributed by atoms with E-state index in [0.717, 1.165) is 92.1 Å². The number of fused-ring (bicyclic) bond motifs is 2. The van der Waals surface area contributed by atoms with Gasteiger partial charge in [0.25, 0.3) is 0 Å². The number of nitrogens with zero attached hydrogens (tertiary/aromatic N) is 2. The maximum atomic E-state index is 14.9. The maximum absolute atomic E-state index is 14.9. The number of hydrogen-bond donors (Lipinski definition) is 1. The van der Waals surface area contributed by atoms with Crippen molar-refractivity contribution < 1.29 is 19.1 Å². The number of nitrogens with two attached hydrogens (primary N) is 1. The summed E-state index contributed by atoms with van der Waals surface area (Å²) in [4.78, 5) is 34.9. The van der Waals surface area contributed by atoms with Gasteiger partial charge in [0.1, 0.15) is 11.2 Å². The van der Waals surface area contributed by atoms with E-state index in [4.69, 9.17) is 15.2 Å². The molecule has 1 aromatic rings. The van der Waals surface area contributed by atoms with Crippen molar-refractivity contribution in [2.75, 3.05) is 32.7 Å². The number of piperidine rings is 2. The molecule has 2 spiro atoms. The highest BCUT2D eigenvalue weighted by Crippen LogP contribution is 2.84. The summed E-state index contributed by atoms with van der Waals surface area (Å²) < 4.78 is 13.6. The second-order valence-corrected chi connectivity index (χ2v) is 17.8. The number of hydrogen-bond acceptors (Lipinski definition) is 7. The lowest BCUT2D eigenvalue weighted by Gasteiger charge is -2.69. The van der Waals surface area contributed by atoms with Crippen molar-refractivity contribution in [3.8, 4) is 0 Å². The van der Waals surface area contributed by atoms with E-state index in [0.29, 0.717) is 30.5 Å². The van der Waals surface area contributed by atoms with Crippen molar-refractivity contribution in [1.29, 1.82) is 0 Å². The van der Waals surface area contributed by atoms with Crippen LogP contribution in [0.2, 0.25) is 0 Å². The van der Waals surface area contributed by atoms with Crippen LogP contribution in [0.3, 0.4) is 0 Å². The quantitative estimate of drug-likeness (QED) is 0.242. The summed E-state index contributed by atoms with van der Waals surface area (Å²) in [7, 11) is 0. The van der Waals surface area contributed by atoms with Gasteiger partial charge in [-0.25, -0.2) is 4.79 Å². The third-order valence-electron chi connectivity index (χ3n) is 15.2. The van der Waals surface area contributed by atoms with Gasteiger partial charge in [-0.3, -0.25) is 14.6 Å². The van der Waals surface area contributed by atoms with Crippen molar-refractivity contribution in [1.82, 2.24) is 9.80 Å². The van der Waals surface area contributed by atoms with Gasteiger partial charge in [-0.05, 0) is 112 Å². The smallest absolute Gasteiger partial charge is 0.339 e. The Morgan fingerprint density at radius 1 is 0.980 bits per heavy atom. The van der Waals surface area contributed by atoms with Crippen LogP contribution in [0.25, 0.3) is 0 Å². The molecule has 270 valence electrons. The number of aryl methyl sites for hydroxylation is 1. The van der Waals surface area contributed by atoms with Gasteiger partial charge < -0.3 is 15.2 Å². The number of ether oxygens (including phenoxy) is 2. The zero-order valence-corrected chi connectivity index (χ0v) is 30.8. The van der Waals surface area contributed by atoms with Gasteiger partial charge in [0.05, 0.1) is 11.0 Å². The highest BCUT2D eigenvalue weighted by molar-refractivity contribution is 5.99. The van der Waals surface area contributed by atoms with Gasteiger partial charge in [0, 0.05) is 49.7 Å². The molecule has 0 radical (unpaired) electrons. The van der Waals surface area contributed by atoms with Crippen molar-refractivity contribution in [2.45, 2.75) is 122 Å². The van der Waals surface area contributed by atoms with Crippen LogP contribution in [0.4, 0.5) is 0 Å². The van der Waals surface area contributed by atoms with Crippen LogP contribution in [0.1, 0.15) is 119 Å². The van der Waals surface area contributed by atoms with Crippen molar-refractivity contribution >= 4 is 11.9 Å². The van der Waals surface area contributed by atoms with E-state index in [1.165, 1.54) is 57.4 Å². The molecule has 10 atom stereocenters. The first kappa shape index (κ1) is 33.4. The van der Waals surface area contributed by atoms with Crippen LogP contribution < -0.4 is 5.73 Å². The molecule has 3 aliphatic carbocycles. The average molecular weight is 682 g/mol. The molecule has 11 aliphatic rings. The molecule has 7 nitrogen and oxygen atoms in total. The molecular weight excluding hydrogens is 622 g/mol. The molecule has 50 heavy (non-hydrogen) atoms. The van der Waals surface area contributed by atoms with Crippen LogP contribution in [-0.4, -0.2) is 66.5 Å². The molecule has 8 bridgehead atoms.